The molecule has 0 bridgehead atoms. The van der Waals surface area contributed by atoms with E-state index in [9.17, 15) is 0 Å². The van der Waals surface area contributed by atoms with Crippen LogP contribution in [0.5, 0.6) is 0 Å². The predicted octanol–water partition coefficient (Wildman–Crippen LogP) is 6.95. The molecule has 3 aromatic carbocycles. The summed E-state index contributed by atoms with van der Waals surface area (Å²) in [7, 11) is -2.92. The minimum Gasteiger partial charge on any atom is -0.0656 e. The van der Waals surface area contributed by atoms with Crippen LogP contribution in [-0.4, -0.2) is 16.9 Å². The highest BCUT2D eigenvalue weighted by atomic mass is 28.3. The standard InChI is InChI=1S/C33H42Si2/c1-22-15-16-32(24(3)17-22)34(29-18-23(2)19-30(20-29)35(7,8)9)21-31-26(5)25(4)27(6)33(31)28-13-11-10-12-14-28/h10-20,33-34H,21H2,1-9H3. The van der Waals surface area contributed by atoms with Crippen LogP contribution in [-0.2, 0) is 0 Å². The van der Waals surface area contributed by atoms with Gasteiger partial charge in [0.25, 0.3) is 0 Å². The zero-order valence-corrected chi connectivity index (χ0v) is 25.4. The van der Waals surface area contributed by atoms with E-state index in [4.69, 9.17) is 0 Å². The van der Waals surface area contributed by atoms with Gasteiger partial charge in [-0.2, -0.15) is 0 Å². The van der Waals surface area contributed by atoms with E-state index >= 15 is 0 Å². The third-order valence-corrected chi connectivity index (χ3v) is 13.5. The van der Waals surface area contributed by atoms with Crippen LogP contribution in [0.4, 0.5) is 0 Å². The van der Waals surface area contributed by atoms with E-state index < -0.39 is 16.9 Å². The lowest BCUT2D eigenvalue weighted by atomic mass is 9.89. The number of rotatable bonds is 6. The van der Waals surface area contributed by atoms with E-state index in [0.29, 0.717) is 5.92 Å². The first kappa shape index (κ1) is 25.7. The van der Waals surface area contributed by atoms with Crippen molar-refractivity contribution in [3.05, 3.63) is 111 Å². The van der Waals surface area contributed by atoms with Crippen molar-refractivity contribution in [3.8, 4) is 0 Å². The highest BCUT2D eigenvalue weighted by Crippen LogP contribution is 2.45. The van der Waals surface area contributed by atoms with Gasteiger partial charge in [-0.1, -0.05) is 130 Å². The Morgan fingerprint density at radius 2 is 1.40 bits per heavy atom. The molecule has 0 nitrogen and oxygen atoms in total. The van der Waals surface area contributed by atoms with Gasteiger partial charge in [0.05, 0.1) is 8.07 Å². The molecule has 0 fully saturated rings. The van der Waals surface area contributed by atoms with E-state index in [2.05, 4.69) is 128 Å². The van der Waals surface area contributed by atoms with Crippen LogP contribution in [0.3, 0.4) is 0 Å². The number of hydrogen-bond acceptors (Lipinski definition) is 0. The van der Waals surface area contributed by atoms with Crippen LogP contribution in [0.2, 0.25) is 25.7 Å². The van der Waals surface area contributed by atoms with Gasteiger partial charge in [0.1, 0.15) is 8.80 Å². The maximum atomic E-state index is 2.60. The molecule has 0 amide bonds. The van der Waals surface area contributed by atoms with E-state index in [1.807, 2.05) is 0 Å². The van der Waals surface area contributed by atoms with Gasteiger partial charge in [-0.15, -0.1) is 0 Å². The molecule has 4 rings (SSSR count). The Balaban J connectivity index is 1.88. The highest BCUT2D eigenvalue weighted by molar-refractivity contribution is 6.90. The Hall–Kier alpha value is -2.43. The third-order valence-electron chi connectivity index (χ3n) is 8.14. The molecule has 182 valence electrons. The van der Waals surface area contributed by atoms with E-state index in [-0.39, 0.29) is 0 Å². The molecule has 0 N–H and O–H groups in total. The molecular formula is C33H42Si2. The van der Waals surface area contributed by atoms with Gasteiger partial charge in [-0.05, 0) is 64.3 Å². The molecule has 0 heterocycles. The summed E-state index contributed by atoms with van der Waals surface area (Å²) >= 11 is 0. The second-order valence-electron chi connectivity index (χ2n) is 11.8. The van der Waals surface area contributed by atoms with Gasteiger partial charge >= 0.3 is 0 Å². The summed E-state index contributed by atoms with van der Waals surface area (Å²) in [5.74, 6) is 0.415. The molecule has 3 aromatic rings. The summed E-state index contributed by atoms with van der Waals surface area (Å²) in [5.41, 5.74) is 11.9. The molecule has 35 heavy (non-hydrogen) atoms. The first-order valence-electron chi connectivity index (χ1n) is 13.1. The maximum Gasteiger partial charge on any atom is 0.107 e. The SMILES string of the molecule is CC1=C(C)C(c2ccccc2)C(C[SiH](c2cc(C)cc([Si](C)(C)C)c2)c2ccc(C)cc2C)=C1C. The monoisotopic (exact) mass is 494 g/mol. The van der Waals surface area contributed by atoms with Crippen molar-refractivity contribution in [1.82, 2.24) is 0 Å². The minimum atomic E-state index is -1.51. The quantitative estimate of drug-likeness (QED) is 0.325. The Morgan fingerprint density at radius 3 is 2.03 bits per heavy atom. The van der Waals surface area contributed by atoms with Crippen LogP contribution >= 0.6 is 0 Å². The molecule has 1 aliphatic carbocycles. The minimum absolute atomic E-state index is 0.415. The van der Waals surface area contributed by atoms with Gasteiger partial charge in [0.15, 0.2) is 0 Å². The van der Waals surface area contributed by atoms with Crippen molar-refractivity contribution >= 4 is 32.4 Å². The molecular weight excluding hydrogens is 453 g/mol. The summed E-state index contributed by atoms with van der Waals surface area (Å²) in [6.45, 7) is 21.3. The number of aryl methyl sites for hydroxylation is 3. The second-order valence-corrected chi connectivity index (χ2v) is 19.7. The normalized spacial score (nSPS) is 17.3. The van der Waals surface area contributed by atoms with Gasteiger partial charge in [-0.3, -0.25) is 0 Å². The molecule has 0 radical (unpaired) electrons. The molecule has 2 heteroatoms. The highest BCUT2D eigenvalue weighted by Gasteiger charge is 2.32. The van der Waals surface area contributed by atoms with Crippen molar-refractivity contribution in [3.63, 3.8) is 0 Å². The molecule has 1 aliphatic rings. The second kappa shape index (κ2) is 9.91. The van der Waals surface area contributed by atoms with Crippen molar-refractivity contribution < 1.29 is 0 Å². The van der Waals surface area contributed by atoms with E-state index in [1.165, 1.54) is 45.0 Å². The summed E-state index contributed by atoms with van der Waals surface area (Å²) in [6, 6.07) is 27.1. The predicted molar refractivity (Wildman–Crippen MR) is 162 cm³/mol. The smallest absolute Gasteiger partial charge is 0.0656 e. The molecule has 2 unspecified atom stereocenters. The summed E-state index contributed by atoms with van der Waals surface area (Å²) < 4.78 is 0. The Bertz CT molecular complexity index is 1300. The van der Waals surface area contributed by atoms with Crippen LogP contribution < -0.4 is 15.6 Å². The molecule has 0 aliphatic heterocycles. The first-order chi connectivity index (χ1) is 16.5. The van der Waals surface area contributed by atoms with Crippen LogP contribution in [0.1, 0.15) is 48.9 Å². The fourth-order valence-electron chi connectivity index (χ4n) is 5.89. The van der Waals surface area contributed by atoms with Gasteiger partial charge < -0.3 is 0 Å². The largest absolute Gasteiger partial charge is 0.107 e. The Kier molecular flexibility index (Phi) is 7.27. The number of allylic oxidation sites excluding steroid dienone is 4. The number of hydrogen-bond donors (Lipinski definition) is 0. The Labute approximate surface area is 216 Å². The van der Waals surface area contributed by atoms with Gasteiger partial charge in [0.2, 0.25) is 0 Å². The average Bonchev–Trinajstić information content (AvgIpc) is 3.01. The van der Waals surface area contributed by atoms with Crippen LogP contribution in [0, 0.1) is 20.8 Å². The van der Waals surface area contributed by atoms with E-state index in [0.717, 1.165) is 0 Å². The molecule has 2 atom stereocenters. The lowest BCUT2D eigenvalue weighted by Crippen LogP contribution is -2.48. The molecule has 0 aromatic heterocycles. The molecule has 0 saturated heterocycles. The average molecular weight is 495 g/mol. The lowest BCUT2D eigenvalue weighted by Gasteiger charge is -2.27. The maximum absolute atomic E-state index is 2.60. The van der Waals surface area contributed by atoms with Crippen LogP contribution in [0.25, 0.3) is 0 Å². The fourth-order valence-corrected chi connectivity index (χ4v) is 10.9. The van der Waals surface area contributed by atoms with Crippen molar-refractivity contribution in [2.24, 2.45) is 0 Å². The zero-order valence-electron chi connectivity index (χ0n) is 23.2. The van der Waals surface area contributed by atoms with Gasteiger partial charge in [0, 0.05) is 5.92 Å². The Morgan fingerprint density at radius 1 is 0.714 bits per heavy atom. The molecule has 0 spiro atoms. The first-order valence-corrected chi connectivity index (χ1v) is 18.6. The zero-order chi connectivity index (χ0) is 25.5. The summed E-state index contributed by atoms with van der Waals surface area (Å²) in [6.07, 6.45) is 0. The summed E-state index contributed by atoms with van der Waals surface area (Å²) in [5, 5.41) is 4.82. The third kappa shape index (κ3) is 5.24. The molecule has 0 saturated carbocycles. The van der Waals surface area contributed by atoms with E-state index in [1.54, 1.807) is 21.1 Å². The van der Waals surface area contributed by atoms with Crippen LogP contribution in [0.15, 0.2) is 89.0 Å². The lowest BCUT2D eigenvalue weighted by molar-refractivity contribution is 0.932. The fraction of sp³-hybridized carbons (Fsp3) is 0.333. The number of benzene rings is 3. The summed E-state index contributed by atoms with van der Waals surface area (Å²) in [4.78, 5) is 0. The van der Waals surface area contributed by atoms with Gasteiger partial charge in [-0.25, -0.2) is 0 Å². The topological polar surface area (TPSA) is 0 Å². The van der Waals surface area contributed by atoms with Crippen molar-refractivity contribution in [1.29, 1.82) is 0 Å². The van der Waals surface area contributed by atoms with Crippen molar-refractivity contribution in [2.45, 2.75) is 73.1 Å². The van der Waals surface area contributed by atoms with Crippen molar-refractivity contribution in [2.75, 3.05) is 0 Å².